The fourth-order valence-electron chi connectivity index (χ4n) is 2.71. The van der Waals surface area contributed by atoms with Gasteiger partial charge < -0.3 is 10.1 Å². The normalized spacial score (nSPS) is 11.2. The second-order valence-corrected chi connectivity index (χ2v) is 6.35. The van der Waals surface area contributed by atoms with Crippen molar-refractivity contribution < 1.29 is 27.6 Å². The van der Waals surface area contributed by atoms with Gasteiger partial charge in [0.2, 0.25) is 0 Å². The van der Waals surface area contributed by atoms with E-state index in [0.717, 1.165) is 30.3 Å². The Kier molecular flexibility index (Phi) is 5.45. The van der Waals surface area contributed by atoms with Gasteiger partial charge in [-0.15, -0.1) is 0 Å². The van der Waals surface area contributed by atoms with Gasteiger partial charge in [0.05, 0.1) is 27.9 Å². The lowest BCUT2D eigenvalue weighted by Crippen LogP contribution is -2.16. The van der Waals surface area contributed by atoms with Gasteiger partial charge >= 0.3 is 6.18 Å². The van der Waals surface area contributed by atoms with Gasteiger partial charge in [-0.25, -0.2) is 0 Å². The van der Waals surface area contributed by atoms with Crippen LogP contribution < -0.4 is 10.1 Å². The standard InChI is InChI=1S/C19H15F3N4O4/c1-11-6-17(25(2)24-11)18(27)23-13-8-14(26(28)29)10-16(9-13)30-15-5-3-4-12(7-15)19(20,21)22/h3-10H,1-2H3,(H,23,27). The predicted octanol–water partition coefficient (Wildman–Crippen LogP) is 4.70. The summed E-state index contributed by atoms with van der Waals surface area (Å²) in [7, 11) is 1.57. The summed E-state index contributed by atoms with van der Waals surface area (Å²) in [6, 6.07) is 9.05. The van der Waals surface area contributed by atoms with Gasteiger partial charge in [0.25, 0.3) is 11.6 Å². The number of non-ortho nitro benzene ring substituents is 1. The van der Waals surface area contributed by atoms with E-state index in [0.29, 0.717) is 5.69 Å². The van der Waals surface area contributed by atoms with Crippen molar-refractivity contribution in [3.63, 3.8) is 0 Å². The molecule has 11 heteroatoms. The van der Waals surface area contributed by atoms with E-state index >= 15 is 0 Å². The molecule has 8 nitrogen and oxygen atoms in total. The molecule has 1 amide bonds. The Labute approximate surface area is 168 Å². The molecule has 0 bridgehead atoms. The number of benzene rings is 2. The number of carbonyl (C=O) groups excluding carboxylic acids is 1. The summed E-state index contributed by atoms with van der Waals surface area (Å²) in [4.78, 5) is 23.0. The smallest absolute Gasteiger partial charge is 0.416 e. The Balaban J connectivity index is 1.91. The average Bonchev–Trinajstić information content (AvgIpc) is 2.99. The minimum atomic E-state index is -4.57. The lowest BCUT2D eigenvalue weighted by Gasteiger charge is -2.11. The number of aromatic nitrogens is 2. The van der Waals surface area contributed by atoms with Crippen molar-refractivity contribution in [1.29, 1.82) is 0 Å². The summed E-state index contributed by atoms with van der Waals surface area (Å²) < 4.78 is 45.4. The first-order valence-electron chi connectivity index (χ1n) is 8.49. The molecule has 0 aliphatic rings. The maximum Gasteiger partial charge on any atom is 0.416 e. The van der Waals surface area contributed by atoms with Crippen LogP contribution in [0.1, 0.15) is 21.7 Å². The van der Waals surface area contributed by atoms with Crippen molar-refractivity contribution in [3.05, 3.63) is 75.6 Å². The molecule has 1 heterocycles. The van der Waals surface area contributed by atoms with Gasteiger partial charge in [-0.3, -0.25) is 19.6 Å². The second kappa shape index (κ2) is 7.85. The zero-order valence-electron chi connectivity index (χ0n) is 15.7. The summed E-state index contributed by atoms with van der Waals surface area (Å²) in [5.41, 5.74) is -0.467. The molecule has 0 fully saturated rings. The van der Waals surface area contributed by atoms with Gasteiger partial charge in [-0.05, 0) is 31.2 Å². The SMILES string of the molecule is Cc1cc(C(=O)Nc2cc(Oc3cccc(C(F)(F)F)c3)cc([N+](=O)[O-])c2)n(C)n1. The zero-order valence-corrected chi connectivity index (χ0v) is 15.7. The highest BCUT2D eigenvalue weighted by molar-refractivity contribution is 6.03. The topological polar surface area (TPSA) is 99.3 Å². The number of carbonyl (C=O) groups is 1. The van der Waals surface area contributed by atoms with E-state index in [4.69, 9.17) is 4.74 Å². The lowest BCUT2D eigenvalue weighted by atomic mass is 10.2. The van der Waals surface area contributed by atoms with Crippen LogP contribution in [0.3, 0.4) is 0 Å². The van der Waals surface area contributed by atoms with E-state index in [1.54, 1.807) is 14.0 Å². The number of hydrogen-bond donors (Lipinski definition) is 1. The zero-order chi connectivity index (χ0) is 22.1. The molecule has 156 valence electrons. The van der Waals surface area contributed by atoms with Crippen LogP contribution in [-0.4, -0.2) is 20.6 Å². The number of rotatable bonds is 5. The number of ether oxygens (including phenoxy) is 1. The van der Waals surface area contributed by atoms with Crippen LogP contribution in [0.25, 0.3) is 0 Å². The molecule has 0 aliphatic carbocycles. The molecule has 1 aromatic heterocycles. The number of halogens is 3. The molecule has 0 saturated carbocycles. The molecule has 3 rings (SSSR count). The van der Waals surface area contributed by atoms with Crippen LogP contribution in [0.15, 0.2) is 48.5 Å². The van der Waals surface area contributed by atoms with E-state index in [9.17, 15) is 28.1 Å². The quantitative estimate of drug-likeness (QED) is 0.476. The molecular formula is C19H15F3N4O4. The summed E-state index contributed by atoms with van der Waals surface area (Å²) in [5, 5.41) is 17.8. The minimum Gasteiger partial charge on any atom is -0.457 e. The number of hydrogen-bond acceptors (Lipinski definition) is 5. The van der Waals surface area contributed by atoms with Crippen LogP contribution in [0.5, 0.6) is 11.5 Å². The Morgan fingerprint density at radius 3 is 2.50 bits per heavy atom. The van der Waals surface area contributed by atoms with E-state index in [2.05, 4.69) is 10.4 Å². The molecule has 0 spiro atoms. The summed E-state index contributed by atoms with van der Waals surface area (Å²) >= 11 is 0. The Bertz CT molecular complexity index is 1130. The third kappa shape index (κ3) is 4.74. The summed E-state index contributed by atoms with van der Waals surface area (Å²) in [6.45, 7) is 1.70. The van der Waals surface area contributed by atoms with Gasteiger partial charge in [0.1, 0.15) is 17.2 Å². The van der Waals surface area contributed by atoms with Crippen LogP contribution in [-0.2, 0) is 13.2 Å². The van der Waals surface area contributed by atoms with Crippen molar-refractivity contribution in [2.45, 2.75) is 13.1 Å². The first kappa shape index (κ1) is 20.8. The van der Waals surface area contributed by atoms with Crippen molar-refractivity contribution in [2.24, 2.45) is 7.05 Å². The highest BCUT2D eigenvalue weighted by Crippen LogP contribution is 2.34. The Hall–Kier alpha value is -3.89. The molecule has 2 aromatic carbocycles. The van der Waals surface area contributed by atoms with E-state index in [1.165, 1.54) is 22.9 Å². The lowest BCUT2D eigenvalue weighted by molar-refractivity contribution is -0.384. The Morgan fingerprint density at radius 2 is 1.90 bits per heavy atom. The molecular weight excluding hydrogens is 405 g/mol. The largest absolute Gasteiger partial charge is 0.457 e. The van der Waals surface area contributed by atoms with Crippen LogP contribution >= 0.6 is 0 Å². The monoisotopic (exact) mass is 420 g/mol. The molecule has 3 aromatic rings. The number of anilines is 1. The van der Waals surface area contributed by atoms with Gasteiger partial charge in [-0.1, -0.05) is 6.07 Å². The number of nitrogens with zero attached hydrogens (tertiary/aromatic N) is 3. The third-order valence-electron chi connectivity index (χ3n) is 3.99. The average molecular weight is 420 g/mol. The van der Waals surface area contributed by atoms with Gasteiger partial charge in [0, 0.05) is 19.2 Å². The molecule has 0 unspecified atom stereocenters. The van der Waals surface area contributed by atoms with E-state index in [1.807, 2.05) is 0 Å². The molecule has 0 aliphatic heterocycles. The fraction of sp³-hybridized carbons (Fsp3) is 0.158. The third-order valence-corrected chi connectivity index (χ3v) is 3.99. The highest BCUT2D eigenvalue weighted by Gasteiger charge is 2.30. The van der Waals surface area contributed by atoms with Crippen molar-refractivity contribution in [2.75, 3.05) is 5.32 Å². The van der Waals surface area contributed by atoms with Gasteiger partial charge in [0.15, 0.2) is 0 Å². The molecule has 0 radical (unpaired) electrons. The molecule has 0 saturated heterocycles. The van der Waals surface area contributed by atoms with Crippen molar-refractivity contribution >= 4 is 17.3 Å². The molecule has 30 heavy (non-hydrogen) atoms. The second-order valence-electron chi connectivity index (χ2n) is 6.35. The van der Waals surface area contributed by atoms with Crippen LogP contribution in [0.2, 0.25) is 0 Å². The number of alkyl halides is 3. The fourth-order valence-corrected chi connectivity index (χ4v) is 2.71. The van der Waals surface area contributed by atoms with E-state index in [-0.39, 0.29) is 22.9 Å². The number of nitro benzene ring substituents is 1. The predicted molar refractivity (Wildman–Crippen MR) is 101 cm³/mol. The van der Waals surface area contributed by atoms with Gasteiger partial charge in [-0.2, -0.15) is 18.3 Å². The number of amides is 1. The number of nitrogens with one attached hydrogen (secondary N) is 1. The van der Waals surface area contributed by atoms with Crippen LogP contribution in [0, 0.1) is 17.0 Å². The minimum absolute atomic E-state index is 0.0371. The highest BCUT2D eigenvalue weighted by atomic mass is 19.4. The maximum absolute atomic E-state index is 12.9. The van der Waals surface area contributed by atoms with Crippen molar-refractivity contribution in [3.8, 4) is 11.5 Å². The molecule has 0 atom stereocenters. The summed E-state index contributed by atoms with van der Waals surface area (Å²) in [5.74, 6) is -0.839. The number of nitro groups is 1. The first-order chi connectivity index (χ1) is 14.0. The van der Waals surface area contributed by atoms with Crippen LogP contribution in [0.4, 0.5) is 24.5 Å². The number of aryl methyl sites for hydroxylation is 2. The van der Waals surface area contributed by atoms with Crippen molar-refractivity contribution in [1.82, 2.24) is 9.78 Å². The first-order valence-corrected chi connectivity index (χ1v) is 8.49. The maximum atomic E-state index is 12.9. The Morgan fingerprint density at radius 1 is 1.17 bits per heavy atom. The van der Waals surface area contributed by atoms with E-state index < -0.39 is 28.3 Å². The summed E-state index contributed by atoms with van der Waals surface area (Å²) in [6.07, 6.45) is -4.57. The molecule has 1 N–H and O–H groups in total.